The maximum absolute atomic E-state index is 12.4. The number of ether oxygens (including phenoxy) is 1. The van der Waals surface area contributed by atoms with Crippen molar-refractivity contribution in [1.82, 2.24) is 9.88 Å². The summed E-state index contributed by atoms with van der Waals surface area (Å²) in [5.74, 6) is -0.501. The summed E-state index contributed by atoms with van der Waals surface area (Å²) in [7, 11) is 1.38. The molecule has 0 spiro atoms. The monoisotopic (exact) mass is 345 g/mol. The molecule has 1 aliphatic rings. The number of urea groups is 1. The number of methoxy groups -OCH3 is 1. The Bertz CT molecular complexity index is 717. The molecule has 24 heavy (non-hydrogen) atoms. The van der Waals surface area contributed by atoms with Crippen LogP contribution in [0.5, 0.6) is 0 Å². The van der Waals surface area contributed by atoms with Crippen molar-refractivity contribution in [2.45, 2.75) is 12.8 Å². The van der Waals surface area contributed by atoms with Crippen molar-refractivity contribution in [3.05, 3.63) is 36.5 Å². The number of hydrogen-bond acceptors (Lipinski definition) is 5. The number of amides is 2. The Morgan fingerprint density at radius 2 is 2.12 bits per heavy atom. The largest absolute Gasteiger partial charge is 0.469 e. The number of aromatic nitrogens is 1. The topological polar surface area (TPSA) is 71.5 Å². The van der Waals surface area contributed by atoms with E-state index in [1.807, 2.05) is 30.3 Å². The second-order valence-corrected chi connectivity index (χ2v) is 6.66. The quantitative estimate of drug-likeness (QED) is 0.867. The van der Waals surface area contributed by atoms with Crippen LogP contribution in [0.2, 0.25) is 0 Å². The number of thiazole rings is 1. The van der Waals surface area contributed by atoms with Crippen molar-refractivity contribution in [3.63, 3.8) is 0 Å². The number of carbonyl (C=O) groups excluding carboxylic acids is 2. The van der Waals surface area contributed by atoms with Gasteiger partial charge in [0.15, 0.2) is 5.13 Å². The molecule has 1 aromatic heterocycles. The minimum Gasteiger partial charge on any atom is -0.469 e. The highest BCUT2D eigenvalue weighted by molar-refractivity contribution is 7.19. The lowest BCUT2D eigenvalue weighted by Crippen LogP contribution is -2.44. The van der Waals surface area contributed by atoms with Gasteiger partial charge in [0.05, 0.1) is 17.9 Å². The van der Waals surface area contributed by atoms with E-state index >= 15 is 0 Å². The summed E-state index contributed by atoms with van der Waals surface area (Å²) in [6, 6.07) is 9.68. The molecule has 1 atom stereocenters. The number of likely N-dealkylation sites (tertiary alicyclic amines) is 1. The minimum atomic E-state index is -0.256. The number of piperidine rings is 1. The van der Waals surface area contributed by atoms with Crippen LogP contribution in [0.4, 0.5) is 9.93 Å². The molecular weight excluding hydrogens is 326 g/mol. The van der Waals surface area contributed by atoms with E-state index in [-0.39, 0.29) is 17.9 Å². The van der Waals surface area contributed by atoms with E-state index in [2.05, 4.69) is 10.3 Å². The molecule has 0 bridgehead atoms. The molecule has 2 amide bonds. The SMILES string of the molecule is COC(=O)[C@@H]1CCCN(C(=O)Nc2ncc(-c3ccccc3)s2)C1. The van der Waals surface area contributed by atoms with Gasteiger partial charge in [0.25, 0.3) is 0 Å². The van der Waals surface area contributed by atoms with Gasteiger partial charge in [0.2, 0.25) is 0 Å². The third-order valence-electron chi connectivity index (χ3n) is 4.02. The highest BCUT2D eigenvalue weighted by Crippen LogP contribution is 2.29. The average molecular weight is 345 g/mol. The number of nitrogens with zero attached hydrogens (tertiary/aromatic N) is 2. The second-order valence-electron chi connectivity index (χ2n) is 5.63. The first-order valence-corrected chi connectivity index (χ1v) is 8.64. The van der Waals surface area contributed by atoms with E-state index in [0.29, 0.717) is 18.2 Å². The Hall–Kier alpha value is -2.41. The van der Waals surface area contributed by atoms with Crippen LogP contribution in [0.15, 0.2) is 36.5 Å². The average Bonchev–Trinajstić information content (AvgIpc) is 3.10. The molecule has 1 saturated heterocycles. The van der Waals surface area contributed by atoms with Gasteiger partial charge in [-0.2, -0.15) is 0 Å². The summed E-state index contributed by atoms with van der Waals surface area (Å²) >= 11 is 1.43. The summed E-state index contributed by atoms with van der Waals surface area (Å²) in [6.45, 7) is 1.02. The molecule has 0 saturated carbocycles. The number of anilines is 1. The number of rotatable bonds is 3. The Morgan fingerprint density at radius 3 is 2.88 bits per heavy atom. The Balaban J connectivity index is 1.63. The van der Waals surface area contributed by atoms with E-state index < -0.39 is 0 Å². The molecule has 1 aliphatic heterocycles. The smallest absolute Gasteiger partial charge is 0.323 e. The van der Waals surface area contributed by atoms with Gasteiger partial charge < -0.3 is 9.64 Å². The lowest BCUT2D eigenvalue weighted by Gasteiger charge is -2.30. The summed E-state index contributed by atoms with van der Waals surface area (Å²) in [5.41, 5.74) is 1.07. The molecule has 2 heterocycles. The number of carbonyl (C=O) groups is 2. The van der Waals surface area contributed by atoms with Crippen molar-refractivity contribution in [1.29, 1.82) is 0 Å². The molecule has 1 aromatic carbocycles. The second kappa shape index (κ2) is 7.44. The molecule has 126 valence electrons. The molecule has 2 aromatic rings. The van der Waals surface area contributed by atoms with Crippen LogP contribution < -0.4 is 5.32 Å². The van der Waals surface area contributed by atoms with Crippen molar-refractivity contribution in [2.75, 3.05) is 25.5 Å². The fraction of sp³-hybridized carbons (Fsp3) is 0.353. The van der Waals surface area contributed by atoms with E-state index in [1.54, 1.807) is 11.1 Å². The maximum Gasteiger partial charge on any atom is 0.323 e. The fourth-order valence-electron chi connectivity index (χ4n) is 2.76. The highest BCUT2D eigenvalue weighted by Gasteiger charge is 2.29. The highest BCUT2D eigenvalue weighted by atomic mass is 32.1. The van der Waals surface area contributed by atoms with Gasteiger partial charge in [-0.25, -0.2) is 9.78 Å². The first kappa shape index (κ1) is 16.4. The van der Waals surface area contributed by atoms with Crippen molar-refractivity contribution < 1.29 is 14.3 Å². The lowest BCUT2D eigenvalue weighted by atomic mass is 9.98. The molecule has 0 radical (unpaired) electrons. The first-order valence-electron chi connectivity index (χ1n) is 7.82. The Morgan fingerprint density at radius 1 is 1.33 bits per heavy atom. The summed E-state index contributed by atoms with van der Waals surface area (Å²) in [5, 5.41) is 3.38. The van der Waals surface area contributed by atoms with E-state index in [4.69, 9.17) is 4.74 Å². The van der Waals surface area contributed by atoms with Gasteiger partial charge in [-0.15, -0.1) is 0 Å². The zero-order valence-corrected chi connectivity index (χ0v) is 14.2. The van der Waals surface area contributed by atoms with Crippen LogP contribution in [0.3, 0.4) is 0 Å². The predicted molar refractivity (Wildman–Crippen MR) is 92.9 cm³/mol. The molecule has 1 fully saturated rings. The van der Waals surface area contributed by atoms with E-state index in [0.717, 1.165) is 23.3 Å². The van der Waals surface area contributed by atoms with Crippen LogP contribution in [0.1, 0.15) is 12.8 Å². The third kappa shape index (κ3) is 3.73. The van der Waals surface area contributed by atoms with Gasteiger partial charge in [-0.3, -0.25) is 10.1 Å². The lowest BCUT2D eigenvalue weighted by molar-refractivity contribution is -0.146. The van der Waals surface area contributed by atoms with Gasteiger partial charge in [0, 0.05) is 19.3 Å². The number of hydrogen-bond donors (Lipinski definition) is 1. The van der Waals surface area contributed by atoms with Crippen molar-refractivity contribution >= 4 is 28.5 Å². The summed E-state index contributed by atoms with van der Waals surface area (Å²) < 4.78 is 4.78. The standard InChI is InChI=1S/C17H19N3O3S/c1-23-15(21)13-8-5-9-20(11-13)17(22)19-16-18-10-14(24-16)12-6-3-2-4-7-12/h2-4,6-7,10,13H,5,8-9,11H2,1H3,(H,18,19,22)/t13-/m1/s1. The van der Waals surface area contributed by atoms with Crippen LogP contribution >= 0.6 is 11.3 Å². The molecule has 1 N–H and O–H groups in total. The van der Waals surface area contributed by atoms with E-state index in [9.17, 15) is 9.59 Å². The number of benzene rings is 1. The first-order chi connectivity index (χ1) is 11.7. The predicted octanol–water partition coefficient (Wildman–Crippen LogP) is 3.23. The van der Waals surface area contributed by atoms with Crippen molar-refractivity contribution in [3.8, 4) is 10.4 Å². The van der Waals surface area contributed by atoms with E-state index in [1.165, 1.54) is 18.4 Å². The summed E-state index contributed by atoms with van der Waals surface area (Å²) in [4.78, 5) is 31.0. The molecule has 0 unspecified atom stereocenters. The molecule has 6 nitrogen and oxygen atoms in total. The Labute approximate surface area is 144 Å². The van der Waals surface area contributed by atoms with Crippen LogP contribution in [0, 0.1) is 5.92 Å². The van der Waals surface area contributed by atoms with Gasteiger partial charge in [-0.05, 0) is 18.4 Å². The Kier molecular flexibility index (Phi) is 5.10. The molecule has 0 aliphatic carbocycles. The fourth-order valence-corrected chi connectivity index (χ4v) is 3.57. The number of nitrogens with one attached hydrogen (secondary N) is 1. The van der Waals surface area contributed by atoms with Crippen LogP contribution in [-0.4, -0.2) is 42.1 Å². The van der Waals surface area contributed by atoms with Gasteiger partial charge in [0.1, 0.15) is 0 Å². The normalized spacial score (nSPS) is 17.4. The molecule has 7 heteroatoms. The maximum atomic E-state index is 12.4. The molecular formula is C17H19N3O3S. The van der Waals surface area contributed by atoms with Gasteiger partial charge >= 0.3 is 12.0 Å². The third-order valence-corrected chi connectivity index (χ3v) is 4.98. The zero-order valence-electron chi connectivity index (χ0n) is 13.4. The minimum absolute atomic E-state index is 0.224. The van der Waals surface area contributed by atoms with Crippen LogP contribution in [0.25, 0.3) is 10.4 Å². The zero-order chi connectivity index (χ0) is 16.9. The summed E-state index contributed by atoms with van der Waals surface area (Å²) in [6.07, 6.45) is 3.30. The van der Waals surface area contributed by atoms with Crippen molar-refractivity contribution in [2.24, 2.45) is 5.92 Å². The number of esters is 1. The van der Waals surface area contributed by atoms with Gasteiger partial charge in [-0.1, -0.05) is 41.7 Å². The van der Waals surface area contributed by atoms with Crippen LogP contribution in [-0.2, 0) is 9.53 Å². The molecule has 3 rings (SSSR count).